The number of hydrogen-bond donors (Lipinski definition) is 1. The highest BCUT2D eigenvalue weighted by Gasteiger charge is 2.30. The number of methoxy groups -OCH3 is 1. The van der Waals surface area contributed by atoms with Crippen LogP contribution in [0, 0.1) is 12.7 Å². The molecule has 0 bridgehead atoms. The Bertz CT molecular complexity index is 1210. The molecule has 1 N–H and O–H groups in total. The number of phenolic OH excluding ortho intramolecular Hbond substituents is 1. The van der Waals surface area contributed by atoms with Gasteiger partial charge in [0.05, 0.1) is 12.7 Å². The Kier molecular flexibility index (Phi) is 5.45. The number of phenols is 1. The molecule has 6 nitrogen and oxygen atoms in total. The topological polar surface area (TPSA) is 63.9 Å². The van der Waals surface area contributed by atoms with Crippen molar-refractivity contribution in [3.63, 3.8) is 0 Å². The summed E-state index contributed by atoms with van der Waals surface area (Å²) < 4.78 is 27.0. The maximum absolute atomic E-state index is 13.7. The summed E-state index contributed by atoms with van der Waals surface area (Å²) in [6, 6.07) is 8.01. The Balaban J connectivity index is 1.80. The molecule has 2 aromatic carbocycles. The number of aryl methyl sites for hydroxylation is 1. The number of rotatable bonds is 6. The van der Waals surface area contributed by atoms with Crippen LogP contribution in [0.3, 0.4) is 0 Å². The highest BCUT2D eigenvalue weighted by molar-refractivity contribution is 6.15. The van der Waals surface area contributed by atoms with Crippen LogP contribution in [-0.2, 0) is 6.54 Å². The monoisotopic (exact) mass is 424 g/mol. The molecule has 0 saturated heterocycles. The van der Waals surface area contributed by atoms with Gasteiger partial charge in [-0.1, -0.05) is 0 Å². The standard InChI is InChI=1S/C24H25FN2O4/c1-14-16(12-23-24(29)18-11-19(25)21(28)13-22(18)31-23)17-10-15(30-4)6-7-20(17)27(14)9-5-8-26(2)3/h6-7,10-13,28H,5,8-9H2,1-4H3. The van der Waals surface area contributed by atoms with Gasteiger partial charge < -0.3 is 24.0 Å². The molecule has 0 spiro atoms. The van der Waals surface area contributed by atoms with Crippen molar-refractivity contribution in [3.8, 4) is 17.2 Å². The number of aromatic nitrogens is 1. The van der Waals surface area contributed by atoms with Crippen LogP contribution in [0.1, 0.15) is 28.0 Å². The predicted molar refractivity (Wildman–Crippen MR) is 117 cm³/mol. The Morgan fingerprint density at radius 1 is 1.26 bits per heavy atom. The van der Waals surface area contributed by atoms with Crippen LogP contribution in [0.25, 0.3) is 17.0 Å². The van der Waals surface area contributed by atoms with Crippen LogP contribution in [0.2, 0.25) is 0 Å². The zero-order chi connectivity index (χ0) is 22.3. The van der Waals surface area contributed by atoms with Crippen LogP contribution in [0.4, 0.5) is 4.39 Å². The largest absolute Gasteiger partial charge is 0.505 e. The highest BCUT2D eigenvalue weighted by Crippen LogP contribution is 2.38. The molecule has 0 unspecified atom stereocenters. The lowest BCUT2D eigenvalue weighted by Crippen LogP contribution is -2.15. The van der Waals surface area contributed by atoms with Gasteiger partial charge in [-0.05, 0) is 64.3 Å². The average molecular weight is 424 g/mol. The number of ether oxygens (including phenoxy) is 2. The van der Waals surface area contributed by atoms with E-state index in [4.69, 9.17) is 9.47 Å². The lowest BCUT2D eigenvalue weighted by atomic mass is 10.1. The van der Waals surface area contributed by atoms with E-state index in [-0.39, 0.29) is 17.1 Å². The number of allylic oxidation sites excluding steroid dienone is 1. The highest BCUT2D eigenvalue weighted by atomic mass is 19.1. The fourth-order valence-corrected chi connectivity index (χ4v) is 3.96. The number of nitrogens with zero attached hydrogens (tertiary/aromatic N) is 2. The first-order valence-electron chi connectivity index (χ1n) is 10.1. The first kappa shape index (κ1) is 20.9. The van der Waals surface area contributed by atoms with E-state index in [0.29, 0.717) is 5.75 Å². The first-order valence-corrected chi connectivity index (χ1v) is 10.1. The van der Waals surface area contributed by atoms with Gasteiger partial charge in [0.1, 0.15) is 11.5 Å². The number of hydrogen-bond acceptors (Lipinski definition) is 5. The Hall–Kier alpha value is -3.32. The summed E-state index contributed by atoms with van der Waals surface area (Å²) in [5, 5.41) is 10.5. The molecule has 2 heterocycles. The van der Waals surface area contributed by atoms with Crippen molar-refractivity contribution in [1.29, 1.82) is 0 Å². The summed E-state index contributed by atoms with van der Waals surface area (Å²) in [5.74, 6) is -0.851. The molecular formula is C24H25FN2O4. The summed E-state index contributed by atoms with van der Waals surface area (Å²) >= 11 is 0. The van der Waals surface area contributed by atoms with Gasteiger partial charge in [0.25, 0.3) is 0 Å². The Labute approximate surface area is 180 Å². The quantitative estimate of drug-likeness (QED) is 0.596. The van der Waals surface area contributed by atoms with Gasteiger partial charge in [0.2, 0.25) is 5.78 Å². The van der Waals surface area contributed by atoms with Gasteiger partial charge in [-0.15, -0.1) is 0 Å². The molecule has 31 heavy (non-hydrogen) atoms. The van der Waals surface area contributed by atoms with Gasteiger partial charge in [-0.25, -0.2) is 4.39 Å². The number of Topliss-reactive ketones (excluding diaryl/α,β-unsaturated/α-hetero) is 1. The smallest absolute Gasteiger partial charge is 0.232 e. The van der Waals surface area contributed by atoms with E-state index in [2.05, 4.69) is 9.47 Å². The molecule has 0 aliphatic carbocycles. The number of halogens is 1. The van der Waals surface area contributed by atoms with Gasteiger partial charge in [0, 0.05) is 34.8 Å². The number of carbonyl (C=O) groups excluding carboxylic acids is 1. The number of aromatic hydroxyl groups is 1. The molecule has 1 aliphatic rings. The number of carbonyl (C=O) groups is 1. The van der Waals surface area contributed by atoms with E-state index in [1.165, 1.54) is 0 Å². The number of fused-ring (bicyclic) bond motifs is 2. The molecule has 0 amide bonds. The van der Waals surface area contributed by atoms with Gasteiger partial charge >= 0.3 is 0 Å². The second-order valence-electron chi connectivity index (χ2n) is 7.93. The number of benzene rings is 2. The lowest BCUT2D eigenvalue weighted by molar-refractivity contribution is 0.101. The van der Waals surface area contributed by atoms with Crippen molar-refractivity contribution in [3.05, 3.63) is 58.7 Å². The SMILES string of the molecule is COc1ccc2c(c1)c(C=C1Oc3cc(O)c(F)cc3C1=O)c(C)n2CCCN(C)C. The molecule has 0 fully saturated rings. The minimum absolute atomic E-state index is 0.0956. The maximum atomic E-state index is 13.7. The lowest BCUT2D eigenvalue weighted by Gasteiger charge is -2.12. The molecule has 0 atom stereocenters. The molecule has 0 radical (unpaired) electrons. The molecule has 0 saturated carbocycles. The maximum Gasteiger partial charge on any atom is 0.232 e. The second-order valence-corrected chi connectivity index (χ2v) is 7.93. The summed E-state index contributed by atoms with van der Waals surface area (Å²) in [5.41, 5.74) is 2.98. The third-order valence-electron chi connectivity index (χ3n) is 5.58. The summed E-state index contributed by atoms with van der Waals surface area (Å²) in [7, 11) is 5.70. The first-order chi connectivity index (χ1) is 14.8. The van der Waals surface area contributed by atoms with Crippen molar-refractivity contribution in [2.45, 2.75) is 19.9 Å². The summed E-state index contributed by atoms with van der Waals surface area (Å²) in [4.78, 5) is 15.0. The van der Waals surface area contributed by atoms with E-state index in [1.54, 1.807) is 13.2 Å². The zero-order valence-corrected chi connectivity index (χ0v) is 18.0. The third kappa shape index (κ3) is 3.77. The molecular weight excluding hydrogens is 399 g/mol. The second kappa shape index (κ2) is 8.07. The van der Waals surface area contributed by atoms with E-state index in [1.807, 2.05) is 39.2 Å². The molecule has 162 valence electrons. The minimum Gasteiger partial charge on any atom is -0.505 e. The van der Waals surface area contributed by atoms with Crippen LogP contribution in [0.15, 0.2) is 36.1 Å². The van der Waals surface area contributed by atoms with E-state index >= 15 is 0 Å². The molecule has 7 heteroatoms. The average Bonchev–Trinajstić information content (AvgIpc) is 3.17. The Morgan fingerprint density at radius 2 is 2.03 bits per heavy atom. The summed E-state index contributed by atoms with van der Waals surface area (Å²) in [6.45, 7) is 3.79. The zero-order valence-electron chi connectivity index (χ0n) is 18.0. The summed E-state index contributed by atoms with van der Waals surface area (Å²) in [6.07, 6.45) is 2.66. The van der Waals surface area contributed by atoms with Gasteiger partial charge in [-0.3, -0.25) is 4.79 Å². The van der Waals surface area contributed by atoms with Crippen molar-refractivity contribution in [2.24, 2.45) is 0 Å². The van der Waals surface area contributed by atoms with Crippen LogP contribution < -0.4 is 9.47 Å². The molecule has 1 aliphatic heterocycles. The van der Waals surface area contributed by atoms with Crippen molar-refractivity contribution in [2.75, 3.05) is 27.7 Å². The Morgan fingerprint density at radius 3 is 2.74 bits per heavy atom. The van der Waals surface area contributed by atoms with Crippen LogP contribution in [0.5, 0.6) is 17.2 Å². The third-order valence-corrected chi connectivity index (χ3v) is 5.58. The fourth-order valence-electron chi connectivity index (χ4n) is 3.96. The van der Waals surface area contributed by atoms with Gasteiger partial charge in [0.15, 0.2) is 17.3 Å². The van der Waals surface area contributed by atoms with Crippen LogP contribution >= 0.6 is 0 Å². The van der Waals surface area contributed by atoms with Crippen molar-refractivity contribution >= 4 is 22.8 Å². The predicted octanol–water partition coefficient (Wildman–Crippen LogP) is 4.37. The minimum atomic E-state index is -0.852. The normalized spacial score (nSPS) is 14.5. The molecule has 4 rings (SSSR count). The van der Waals surface area contributed by atoms with Crippen molar-refractivity contribution < 1.29 is 23.8 Å². The van der Waals surface area contributed by atoms with Gasteiger partial charge in [-0.2, -0.15) is 0 Å². The van der Waals surface area contributed by atoms with E-state index in [0.717, 1.165) is 53.8 Å². The van der Waals surface area contributed by atoms with Crippen LogP contribution in [-0.4, -0.2) is 48.1 Å². The van der Waals surface area contributed by atoms with Crippen molar-refractivity contribution in [1.82, 2.24) is 9.47 Å². The fraction of sp³-hybridized carbons (Fsp3) is 0.292. The van der Waals surface area contributed by atoms with E-state index in [9.17, 15) is 14.3 Å². The molecule has 1 aromatic heterocycles. The van der Waals surface area contributed by atoms with E-state index < -0.39 is 17.3 Å². The molecule has 3 aromatic rings. The number of ketones is 1.